The second-order valence-electron chi connectivity index (χ2n) is 5.60. The minimum absolute atomic E-state index is 0.281. The molecule has 22 heavy (non-hydrogen) atoms. The summed E-state index contributed by atoms with van der Waals surface area (Å²) in [6, 6.07) is 15.6. The van der Waals surface area contributed by atoms with Gasteiger partial charge in [-0.05, 0) is 43.8 Å². The molecule has 1 unspecified atom stereocenters. The van der Waals surface area contributed by atoms with Crippen molar-refractivity contribution in [3.63, 3.8) is 0 Å². The van der Waals surface area contributed by atoms with Crippen LogP contribution in [0.2, 0.25) is 5.02 Å². The fraction of sp³-hybridized carbons (Fsp3) is 0.333. The lowest BCUT2D eigenvalue weighted by molar-refractivity contribution is 0.0744. The summed E-state index contributed by atoms with van der Waals surface area (Å²) in [5.74, 6) is 0.780. The fourth-order valence-corrected chi connectivity index (χ4v) is 2.46. The van der Waals surface area contributed by atoms with E-state index in [1.165, 1.54) is 5.56 Å². The number of aliphatic hydroxyl groups excluding tert-OH is 1. The molecule has 0 saturated heterocycles. The molecule has 0 bridgehead atoms. The van der Waals surface area contributed by atoms with Gasteiger partial charge in [0.15, 0.2) is 0 Å². The lowest BCUT2D eigenvalue weighted by atomic mass is 10.2. The SMILES string of the molecule is Cc1ccc(OCC(O)CN(C)Cc2cccc(Cl)c2)cc1. The lowest BCUT2D eigenvalue weighted by Crippen LogP contribution is -2.32. The van der Waals surface area contributed by atoms with Crippen molar-refractivity contribution in [2.45, 2.75) is 19.6 Å². The van der Waals surface area contributed by atoms with E-state index in [0.717, 1.165) is 22.9 Å². The highest BCUT2D eigenvalue weighted by Crippen LogP contribution is 2.13. The highest BCUT2D eigenvalue weighted by Gasteiger charge is 2.10. The van der Waals surface area contributed by atoms with Gasteiger partial charge < -0.3 is 9.84 Å². The number of likely N-dealkylation sites (N-methyl/N-ethyl adjacent to an activating group) is 1. The molecule has 0 spiro atoms. The van der Waals surface area contributed by atoms with Crippen LogP contribution in [0.5, 0.6) is 5.75 Å². The Hall–Kier alpha value is -1.55. The van der Waals surface area contributed by atoms with Gasteiger partial charge in [-0.2, -0.15) is 0 Å². The molecule has 2 aromatic carbocycles. The van der Waals surface area contributed by atoms with Crippen molar-refractivity contribution in [3.05, 3.63) is 64.7 Å². The Morgan fingerprint density at radius 3 is 2.59 bits per heavy atom. The average Bonchev–Trinajstić information content (AvgIpc) is 2.46. The van der Waals surface area contributed by atoms with E-state index in [2.05, 4.69) is 4.90 Å². The van der Waals surface area contributed by atoms with Gasteiger partial charge in [-0.3, -0.25) is 4.90 Å². The van der Waals surface area contributed by atoms with Crippen LogP contribution in [0.25, 0.3) is 0 Å². The van der Waals surface area contributed by atoms with Crippen molar-refractivity contribution in [1.29, 1.82) is 0 Å². The standard InChI is InChI=1S/C18H22ClNO2/c1-14-6-8-18(9-7-14)22-13-17(21)12-20(2)11-15-4-3-5-16(19)10-15/h3-10,17,21H,11-13H2,1-2H3. The van der Waals surface area contributed by atoms with Gasteiger partial charge >= 0.3 is 0 Å². The molecule has 0 aliphatic heterocycles. The van der Waals surface area contributed by atoms with Gasteiger partial charge in [0, 0.05) is 18.1 Å². The zero-order valence-corrected chi connectivity index (χ0v) is 13.8. The quantitative estimate of drug-likeness (QED) is 0.847. The number of nitrogens with zero attached hydrogens (tertiary/aromatic N) is 1. The summed E-state index contributed by atoms with van der Waals surface area (Å²) in [5.41, 5.74) is 2.32. The topological polar surface area (TPSA) is 32.7 Å². The summed E-state index contributed by atoms with van der Waals surface area (Å²) in [5, 5.41) is 10.8. The zero-order valence-electron chi connectivity index (χ0n) is 13.0. The van der Waals surface area contributed by atoms with Crippen molar-refractivity contribution in [3.8, 4) is 5.75 Å². The molecule has 0 saturated carbocycles. The first-order valence-electron chi connectivity index (χ1n) is 7.33. The zero-order chi connectivity index (χ0) is 15.9. The van der Waals surface area contributed by atoms with Gasteiger partial charge in [-0.1, -0.05) is 41.4 Å². The number of halogens is 1. The van der Waals surface area contributed by atoms with Crippen molar-refractivity contribution in [1.82, 2.24) is 4.90 Å². The van der Waals surface area contributed by atoms with Crippen LogP contribution in [0, 0.1) is 6.92 Å². The molecule has 0 amide bonds. The van der Waals surface area contributed by atoms with Gasteiger partial charge in [-0.25, -0.2) is 0 Å². The van der Waals surface area contributed by atoms with Gasteiger partial charge in [0.1, 0.15) is 18.5 Å². The van der Waals surface area contributed by atoms with Crippen molar-refractivity contribution >= 4 is 11.6 Å². The molecule has 0 aliphatic rings. The van der Waals surface area contributed by atoms with Crippen LogP contribution in [-0.2, 0) is 6.54 Å². The van der Waals surface area contributed by atoms with E-state index in [1.54, 1.807) is 0 Å². The molecule has 2 aromatic rings. The third-order valence-electron chi connectivity index (χ3n) is 3.33. The highest BCUT2D eigenvalue weighted by atomic mass is 35.5. The number of benzene rings is 2. The van der Waals surface area contributed by atoms with E-state index in [9.17, 15) is 5.11 Å². The van der Waals surface area contributed by atoms with Crippen molar-refractivity contribution in [2.24, 2.45) is 0 Å². The van der Waals surface area contributed by atoms with E-state index in [1.807, 2.05) is 62.5 Å². The summed E-state index contributed by atoms with van der Waals surface area (Å²) in [6.07, 6.45) is -0.537. The third-order valence-corrected chi connectivity index (χ3v) is 3.56. The molecule has 1 N–H and O–H groups in total. The van der Waals surface area contributed by atoms with Crippen LogP contribution in [0.3, 0.4) is 0 Å². The van der Waals surface area contributed by atoms with Crippen LogP contribution in [-0.4, -0.2) is 36.3 Å². The Labute approximate surface area is 137 Å². The molecular weight excluding hydrogens is 298 g/mol. The largest absolute Gasteiger partial charge is 0.491 e. The first kappa shape index (κ1) is 16.8. The third kappa shape index (κ3) is 5.68. The number of hydrogen-bond acceptors (Lipinski definition) is 3. The summed E-state index contributed by atoms with van der Waals surface area (Å²) in [7, 11) is 1.97. The maximum atomic E-state index is 10.1. The molecule has 0 fully saturated rings. The number of aryl methyl sites for hydroxylation is 1. The highest BCUT2D eigenvalue weighted by molar-refractivity contribution is 6.30. The molecule has 0 aromatic heterocycles. The number of ether oxygens (including phenoxy) is 1. The molecule has 2 rings (SSSR count). The number of rotatable bonds is 7. The fourth-order valence-electron chi connectivity index (χ4n) is 2.25. The van der Waals surface area contributed by atoms with Crippen molar-refractivity contribution in [2.75, 3.05) is 20.2 Å². The molecule has 3 nitrogen and oxygen atoms in total. The van der Waals surface area contributed by atoms with E-state index in [4.69, 9.17) is 16.3 Å². The molecule has 1 atom stereocenters. The van der Waals surface area contributed by atoms with Gasteiger partial charge in [0.2, 0.25) is 0 Å². The maximum Gasteiger partial charge on any atom is 0.119 e. The molecule has 0 aliphatic carbocycles. The monoisotopic (exact) mass is 319 g/mol. The second-order valence-corrected chi connectivity index (χ2v) is 6.04. The first-order chi connectivity index (χ1) is 10.5. The molecule has 0 heterocycles. The minimum Gasteiger partial charge on any atom is -0.491 e. The number of hydrogen-bond donors (Lipinski definition) is 1. The Morgan fingerprint density at radius 2 is 1.91 bits per heavy atom. The van der Waals surface area contributed by atoms with Crippen LogP contribution in [0.4, 0.5) is 0 Å². The normalized spacial score (nSPS) is 12.4. The predicted molar refractivity (Wildman–Crippen MR) is 90.5 cm³/mol. The van der Waals surface area contributed by atoms with E-state index < -0.39 is 6.10 Å². The molecule has 0 radical (unpaired) electrons. The van der Waals surface area contributed by atoms with E-state index >= 15 is 0 Å². The predicted octanol–water partition coefficient (Wildman–Crippen LogP) is 3.52. The summed E-state index contributed by atoms with van der Waals surface area (Å²) in [6.45, 7) is 3.59. The van der Waals surface area contributed by atoms with Crippen LogP contribution < -0.4 is 4.74 Å². The number of aliphatic hydroxyl groups is 1. The maximum absolute atomic E-state index is 10.1. The summed E-state index contributed by atoms with van der Waals surface area (Å²) in [4.78, 5) is 2.05. The molecule has 118 valence electrons. The average molecular weight is 320 g/mol. The Bertz CT molecular complexity index is 586. The first-order valence-corrected chi connectivity index (χ1v) is 7.71. The van der Waals surface area contributed by atoms with Crippen LogP contribution in [0.15, 0.2) is 48.5 Å². The summed E-state index contributed by atoms with van der Waals surface area (Å²) >= 11 is 5.97. The van der Waals surface area contributed by atoms with Gasteiger partial charge in [0.05, 0.1) is 0 Å². The van der Waals surface area contributed by atoms with Gasteiger partial charge in [-0.15, -0.1) is 0 Å². The smallest absolute Gasteiger partial charge is 0.119 e. The molecular formula is C18H22ClNO2. The molecule has 4 heteroatoms. The Kier molecular flexibility index (Phi) is 6.25. The summed E-state index contributed by atoms with van der Waals surface area (Å²) < 4.78 is 5.60. The Morgan fingerprint density at radius 1 is 1.18 bits per heavy atom. The Balaban J connectivity index is 1.76. The minimum atomic E-state index is -0.537. The van der Waals surface area contributed by atoms with Crippen LogP contribution >= 0.6 is 11.6 Å². The van der Waals surface area contributed by atoms with E-state index in [-0.39, 0.29) is 6.61 Å². The lowest BCUT2D eigenvalue weighted by Gasteiger charge is -2.21. The van der Waals surface area contributed by atoms with Crippen molar-refractivity contribution < 1.29 is 9.84 Å². The van der Waals surface area contributed by atoms with E-state index in [0.29, 0.717) is 6.54 Å². The van der Waals surface area contributed by atoms with Crippen LogP contribution in [0.1, 0.15) is 11.1 Å². The van der Waals surface area contributed by atoms with Gasteiger partial charge in [0.25, 0.3) is 0 Å². The second kappa shape index (κ2) is 8.18.